The zero-order valence-electron chi connectivity index (χ0n) is 7.93. The van der Waals surface area contributed by atoms with Crippen LogP contribution in [0.1, 0.15) is 19.5 Å². The summed E-state index contributed by atoms with van der Waals surface area (Å²) in [6.07, 6.45) is 0. The number of hydrogen-bond acceptors (Lipinski definition) is 4. The molecule has 14 heavy (non-hydrogen) atoms. The average Bonchev–Trinajstić information content (AvgIpc) is 2.01. The van der Waals surface area contributed by atoms with Gasteiger partial charge in [-0.05, 0) is 26.0 Å². The maximum Gasteiger partial charge on any atom is 0.255 e. The van der Waals surface area contributed by atoms with Crippen LogP contribution in [0, 0.1) is 0 Å². The second-order valence-corrected chi connectivity index (χ2v) is 4.97. The number of aliphatic hydroxyl groups is 1. The lowest BCUT2D eigenvalue weighted by Gasteiger charge is -2.16. The molecule has 0 amide bonds. The Morgan fingerprint density at radius 3 is 2.43 bits per heavy atom. The summed E-state index contributed by atoms with van der Waals surface area (Å²) in [5, 5.41) is 14.2. The Bertz CT molecular complexity index is 434. The first-order valence-corrected chi connectivity index (χ1v) is 5.48. The predicted octanol–water partition coefficient (Wildman–Crippen LogP) is -0.0436. The van der Waals surface area contributed by atoms with Crippen molar-refractivity contribution >= 4 is 10.0 Å². The second-order valence-electron chi connectivity index (χ2n) is 3.47. The van der Waals surface area contributed by atoms with Crippen molar-refractivity contribution in [3.63, 3.8) is 0 Å². The summed E-state index contributed by atoms with van der Waals surface area (Å²) >= 11 is 0. The number of sulfonamides is 1. The van der Waals surface area contributed by atoms with E-state index in [1.807, 2.05) is 0 Å². The van der Waals surface area contributed by atoms with Gasteiger partial charge in [0.15, 0.2) is 5.03 Å². The van der Waals surface area contributed by atoms with Crippen molar-refractivity contribution in [2.24, 2.45) is 5.14 Å². The van der Waals surface area contributed by atoms with Gasteiger partial charge in [0.1, 0.15) is 5.60 Å². The maximum atomic E-state index is 10.9. The molecular weight excluding hydrogens is 204 g/mol. The average molecular weight is 216 g/mol. The van der Waals surface area contributed by atoms with E-state index in [1.165, 1.54) is 32.0 Å². The predicted molar refractivity (Wildman–Crippen MR) is 50.9 cm³/mol. The number of primary sulfonamides is 1. The molecule has 0 spiro atoms. The van der Waals surface area contributed by atoms with Gasteiger partial charge in [0.2, 0.25) is 0 Å². The Hall–Kier alpha value is -0.980. The molecule has 0 atom stereocenters. The minimum atomic E-state index is -3.81. The summed E-state index contributed by atoms with van der Waals surface area (Å²) in [6, 6.07) is 4.30. The third-order valence-electron chi connectivity index (χ3n) is 1.64. The Kier molecular flexibility index (Phi) is 2.62. The van der Waals surface area contributed by atoms with Crippen LogP contribution in [0.2, 0.25) is 0 Å². The van der Waals surface area contributed by atoms with Gasteiger partial charge in [-0.15, -0.1) is 0 Å². The first kappa shape index (κ1) is 11.1. The van der Waals surface area contributed by atoms with Crippen LogP contribution in [0.4, 0.5) is 0 Å². The Balaban J connectivity index is 3.29. The molecule has 0 aliphatic carbocycles. The van der Waals surface area contributed by atoms with Crippen LogP contribution >= 0.6 is 0 Å². The fourth-order valence-electron chi connectivity index (χ4n) is 0.914. The van der Waals surface area contributed by atoms with E-state index in [0.717, 1.165) is 0 Å². The molecule has 1 rings (SSSR count). The van der Waals surface area contributed by atoms with Crippen LogP contribution in [-0.4, -0.2) is 18.5 Å². The zero-order chi connectivity index (χ0) is 11.0. The van der Waals surface area contributed by atoms with E-state index in [1.54, 1.807) is 0 Å². The van der Waals surface area contributed by atoms with Crippen molar-refractivity contribution in [2.45, 2.75) is 24.5 Å². The van der Waals surface area contributed by atoms with Gasteiger partial charge < -0.3 is 5.11 Å². The van der Waals surface area contributed by atoms with E-state index < -0.39 is 15.6 Å². The molecule has 3 N–H and O–H groups in total. The van der Waals surface area contributed by atoms with Crippen LogP contribution in [0.5, 0.6) is 0 Å². The third kappa shape index (κ3) is 2.50. The van der Waals surface area contributed by atoms with Gasteiger partial charge in [0, 0.05) is 0 Å². The van der Waals surface area contributed by atoms with Gasteiger partial charge in [0.05, 0.1) is 5.69 Å². The van der Waals surface area contributed by atoms with E-state index in [2.05, 4.69) is 4.98 Å². The minimum absolute atomic E-state index is 0.239. The van der Waals surface area contributed by atoms with Crippen LogP contribution < -0.4 is 5.14 Å². The number of rotatable bonds is 2. The van der Waals surface area contributed by atoms with Gasteiger partial charge in [-0.3, -0.25) is 0 Å². The molecule has 0 radical (unpaired) electrons. The number of hydrogen-bond donors (Lipinski definition) is 2. The molecule has 6 heteroatoms. The van der Waals surface area contributed by atoms with Crippen molar-refractivity contribution in [1.82, 2.24) is 4.98 Å². The summed E-state index contributed by atoms with van der Waals surface area (Å²) in [5.41, 5.74) is -0.912. The van der Waals surface area contributed by atoms with Crippen molar-refractivity contribution < 1.29 is 13.5 Å². The van der Waals surface area contributed by atoms with E-state index in [-0.39, 0.29) is 10.7 Å². The Morgan fingerprint density at radius 1 is 1.43 bits per heavy atom. The molecule has 5 nitrogen and oxygen atoms in total. The summed E-state index contributed by atoms with van der Waals surface area (Å²) < 4.78 is 21.9. The minimum Gasteiger partial charge on any atom is -0.384 e. The molecule has 0 bridgehead atoms. The lowest BCUT2D eigenvalue weighted by molar-refractivity contribution is 0.0732. The van der Waals surface area contributed by atoms with E-state index in [9.17, 15) is 13.5 Å². The van der Waals surface area contributed by atoms with E-state index in [0.29, 0.717) is 0 Å². The molecule has 78 valence electrons. The molecule has 0 aliphatic heterocycles. The number of aromatic nitrogens is 1. The second kappa shape index (κ2) is 3.30. The van der Waals surface area contributed by atoms with Gasteiger partial charge in [-0.1, -0.05) is 6.07 Å². The maximum absolute atomic E-state index is 10.9. The molecule has 1 aromatic rings. The molecule has 1 aromatic heterocycles. The Morgan fingerprint density at radius 2 is 2.00 bits per heavy atom. The summed E-state index contributed by atoms with van der Waals surface area (Å²) in [6.45, 7) is 3.03. The molecule has 0 saturated heterocycles. The topological polar surface area (TPSA) is 93.3 Å². The first-order valence-electron chi connectivity index (χ1n) is 3.94. The normalized spacial score (nSPS) is 12.9. The van der Waals surface area contributed by atoms with Crippen molar-refractivity contribution in [3.8, 4) is 0 Å². The molecule has 0 unspecified atom stereocenters. The highest BCUT2D eigenvalue weighted by atomic mass is 32.2. The molecule has 0 saturated carbocycles. The molecule has 0 aliphatic rings. The quantitative estimate of drug-likeness (QED) is 0.725. The summed E-state index contributed by atoms with van der Waals surface area (Å²) in [7, 11) is -3.81. The highest BCUT2D eigenvalue weighted by Gasteiger charge is 2.20. The highest BCUT2D eigenvalue weighted by molar-refractivity contribution is 7.89. The zero-order valence-corrected chi connectivity index (χ0v) is 8.75. The van der Waals surface area contributed by atoms with Gasteiger partial charge in [0.25, 0.3) is 10.0 Å². The van der Waals surface area contributed by atoms with E-state index >= 15 is 0 Å². The van der Waals surface area contributed by atoms with E-state index in [4.69, 9.17) is 5.14 Å². The summed E-state index contributed by atoms with van der Waals surface area (Å²) in [4.78, 5) is 3.75. The van der Waals surface area contributed by atoms with Crippen LogP contribution in [0.15, 0.2) is 23.2 Å². The van der Waals surface area contributed by atoms with Gasteiger partial charge >= 0.3 is 0 Å². The fourth-order valence-corrected chi connectivity index (χ4v) is 1.41. The van der Waals surface area contributed by atoms with Crippen LogP contribution in [-0.2, 0) is 15.6 Å². The SMILES string of the molecule is CC(C)(O)c1cccc(S(N)(=O)=O)n1. The van der Waals surface area contributed by atoms with Gasteiger partial charge in [-0.2, -0.15) is 0 Å². The first-order chi connectivity index (χ1) is 6.21. The van der Waals surface area contributed by atoms with Crippen molar-refractivity contribution in [1.29, 1.82) is 0 Å². The highest BCUT2D eigenvalue weighted by Crippen LogP contribution is 2.17. The standard InChI is InChI=1S/C8H12N2O3S/c1-8(2,11)6-4-3-5-7(10-6)14(9,12)13/h3-5,11H,1-2H3,(H2,9,12,13). The van der Waals surface area contributed by atoms with Gasteiger partial charge in [-0.25, -0.2) is 18.5 Å². The molecule has 1 heterocycles. The number of nitrogens with zero attached hydrogens (tertiary/aromatic N) is 1. The molecule has 0 aromatic carbocycles. The summed E-state index contributed by atoms with van der Waals surface area (Å²) in [5.74, 6) is 0. The lowest BCUT2D eigenvalue weighted by atomic mass is 10.1. The Labute approximate surface area is 82.6 Å². The van der Waals surface area contributed by atoms with Crippen molar-refractivity contribution in [3.05, 3.63) is 23.9 Å². The van der Waals surface area contributed by atoms with Crippen LogP contribution in [0.3, 0.4) is 0 Å². The smallest absolute Gasteiger partial charge is 0.255 e. The molecule has 0 fully saturated rings. The fraction of sp³-hybridized carbons (Fsp3) is 0.375. The van der Waals surface area contributed by atoms with Crippen LogP contribution in [0.25, 0.3) is 0 Å². The van der Waals surface area contributed by atoms with Crippen molar-refractivity contribution in [2.75, 3.05) is 0 Å². The third-order valence-corrected chi connectivity index (χ3v) is 2.45. The largest absolute Gasteiger partial charge is 0.384 e. The number of pyridine rings is 1. The monoisotopic (exact) mass is 216 g/mol. The lowest BCUT2D eigenvalue weighted by Crippen LogP contribution is -2.21. The molecular formula is C8H12N2O3S. The number of nitrogens with two attached hydrogens (primary N) is 1.